The van der Waals surface area contributed by atoms with E-state index in [0.29, 0.717) is 0 Å². The molecular formula is C14H12BrNO. The maximum atomic E-state index is 12.3. The summed E-state index contributed by atoms with van der Waals surface area (Å²) in [7, 11) is 0. The van der Waals surface area contributed by atoms with Gasteiger partial charge in [-0.3, -0.25) is 4.79 Å². The van der Waals surface area contributed by atoms with Crippen molar-refractivity contribution in [3.05, 3.63) is 40.4 Å². The van der Waals surface area contributed by atoms with Crippen LogP contribution < -0.4 is 4.90 Å². The molecule has 3 rings (SSSR count). The Bertz CT molecular complexity index is 633. The monoisotopic (exact) mass is 289 g/mol. The number of carbonyl (C=O) groups excluding carboxylic acids is 1. The van der Waals surface area contributed by atoms with Crippen LogP contribution in [0, 0.1) is 0 Å². The molecule has 86 valence electrons. The number of benzene rings is 2. The van der Waals surface area contributed by atoms with Crippen LogP contribution in [0.5, 0.6) is 0 Å². The van der Waals surface area contributed by atoms with Gasteiger partial charge in [0.15, 0.2) is 0 Å². The van der Waals surface area contributed by atoms with Crippen molar-refractivity contribution in [2.45, 2.75) is 19.9 Å². The molecule has 0 N–H and O–H groups in total. The Morgan fingerprint density at radius 1 is 1.18 bits per heavy atom. The molecule has 1 aliphatic heterocycles. The molecule has 2 nitrogen and oxygen atoms in total. The molecule has 0 atom stereocenters. The van der Waals surface area contributed by atoms with Crippen LogP contribution in [0.3, 0.4) is 0 Å². The molecule has 0 spiro atoms. The summed E-state index contributed by atoms with van der Waals surface area (Å²) >= 11 is 3.54. The van der Waals surface area contributed by atoms with Gasteiger partial charge in [0.05, 0.1) is 5.69 Å². The average molecular weight is 290 g/mol. The van der Waals surface area contributed by atoms with Crippen LogP contribution in [-0.2, 0) is 0 Å². The number of halogens is 1. The summed E-state index contributed by atoms with van der Waals surface area (Å²) < 4.78 is 1.04. The van der Waals surface area contributed by atoms with Crippen molar-refractivity contribution < 1.29 is 4.79 Å². The Balaban J connectivity index is 2.43. The van der Waals surface area contributed by atoms with Gasteiger partial charge >= 0.3 is 0 Å². The van der Waals surface area contributed by atoms with E-state index in [9.17, 15) is 4.79 Å². The number of nitrogens with zero attached hydrogens (tertiary/aromatic N) is 1. The molecule has 1 amide bonds. The van der Waals surface area contributed by atoms with Gasteiger partial charge in [-0.25, -0.2) is 0 Å². The second-order valence-corrected chi connectivity index (χ2v) is 5.42. The zero-order chi connectivity index (χ0) is 12.2. The van der Waals surface area contributed by atoms with Crippen molar-refractivity contribution in [1.82, 2.24) is 0 Å². The Morgan fingerprint density at radius 2 is 1.94 bits per heavy atom. The van der Waals surface area contributed by atoms with Gasteiger partial charge in [-0.2, -0.15) is 0 Å². The molecule has 17 heavy (non-hydrogen) atoms. The zero-order valence-electron chi connectivity index (χ0n) is 9.70. The fraction of sp³-hybridized carbons (Fsp3) is 0.214. The second-order valence-electron chi connectivity index (χ2n) is 4.56. The summed E-state index contributed by atoms with van der Waals surface area (Å²) in [5.41, 5.74) is 1.84. The maximum absolute atomic E-state index is 12.3. The minimum atomic E-state index is 0.110. The summed E-state index contributed by atoms with van der Waals surface area (Å²) in [5.74, 6) is 0.110. The smallest absolute Gasteiger partial charge is 0.259 e. The Hall–Kier alpha value is -1.35. The van der Waals surface area contributed by atoms with E-state index in [2.05, 4.69) is 15.9 Å². The first kappa shape index (κ1) is 10.8. The van der Waals surface area contributed by atoms with Crippen LogP contribution in [0.15, 0.2) is 34.8 Å². The van der Waals surface area contributed by atoms with E-state index in [4.69, 9.17) is 0 Å². The molecule has 2 aromatic rings. The van der Waals surface area contributed by atoms with E-state index in [-0.39, 0.29) is 11.9 Å². The third-order valence-corrected chi connectivity index (χ3v) is 3.88. The second kappa shape index (κ2) is 3.57. The Labute approximate surface area is 108 Å². The van der Waals surface area contributed by atoms with E-state index in [1.807, 2.05) is 49.1 Å². The van der Waals surface area contributed by atoms with Crippen molar-refractivity contribution in [3.63, 3.8) is 0 Å². The van der Waals surface area contributed by atoms with Gasteiger partial charge in [-0.05, 0) is 37.4 Å². The third kappa shape index (κ3) is 1.35. The lowest BCUT2D eigenvalue weighted by Gasteiger charge is -2.22. The van der Waals surface area contributed by atoms with Crippen molar-refractivity contribution in [3.8, 4) is 0 Å². The fourth-order valence-corrected chi connectivity index (χ4v) is 2.95. The number of carbonyl (C=O) groups is 1. The predicted molar refractivity (Wildman–Crippen MR) is 73.6 cm³/mol. The molecule has 3 heteroatoms. The first-order valence-electron chi connectivity index (χ1n) is 5.66. The molecular weight excluding hydrogens is 278 g/mol. The van der Waals surface area contributed by atoms with Gasteiger partial charge in [0.2, 0.25) is 0 Å². The normalized spacial score (nSPS) is 14.1. The molecule has 0 radical (unpaired) electrons. The van der Waals surface area contributed by atoms with Crippen molar-refractivity contribution in [2.75, 3.05) is 4.90 Å². The van der Waals surface area contributed by atoms with Crippen LogP contribution in [0.4, 0.5) is 5.69 Å². The first-order valence-corrected chi connectivity index (χ1v) is 6.45. The van der Waals surface area contributed by atoms with Crippen molar-refractivity contribution in [1.29, 1.82) is 0 Å². The molecule has 1 heterocycles. The maximum Gasteiger partial charge on any atom is 0.259 e. The largest absolute Gasteiger partial charge is 0.305 e. The highest BCUT2D eigenvalue weighted by Crippen LogP contribution is 2.41. The third-order valence-electron chi connectivity index (χ3n) is 3.19. The van der Waals surface area contributed by atoms with Crippen LogP contribution in [-0.4, -0.2) is 11.9 Å². The molecule has 0 fully saturated rings. The average Bonchev–Trinajstić information content (AvgIpc) is 2.59. The summed E-state index contributed by atoms with van der Waals surface area (Å²) in [6, 6.07) is 10.1. The Kier molecular flexibility index (Phi) is 2.26. The standard InChI is InChI=1S/C14H12BrNO/c1-8(2)16-12-7-6-11(15)9-4-3-5-10(13(9)12)14(16)17/h3-8H,1-2H3. The summed E-state index contributed by atoms with van der Waals surface area (Å²) in [6.45, 7) is 4.08. The van der Waals surface area contributed by atoms with Gasteiger partial charge in [0.1, 0.15) is 0 Å². The lowest BCUT2D eigenvalue weighted by Crippen LogP contribution is -2.33. The molecule has 0 saturated carbocycles. The van der Waals surface area contributed by atoms with E-state index in [1.165, 1.54) is 0 Å². The number of amides is 1. The molecule has 2 aromatic carbocycles. The summed E-state index contributed by atoms with van der Waals surface area (Å²) in [6.07, 6.45) is 0. The van der Waals surface area contributed by atoms with E-state index in [0.717, 1.165) is 26.5 Å². The summed E-state index contributed by atoms with van der Waals surface area (Å²) in [4.78, 5) is 14.2. The molecule has 1 aliphatic rings. The van der Waals surface area contributed by atoms with Gasteiger partial charge < -0.3 is 4.90 Å². The minimum Gasteiger partial charge on any atom is -0.305 e. The van der Waals surface area contributed by atoms with E-state index < -0.39 is 0 Å². The lowest BCUT2D eigenvalue weighted by molar-refractivity contribution is 0.0987. The molecule has 0 aliphatic carbocycles. The molecule has 0 aromatic heterocycles. The van der Waals surface area contributed by atoms with E-state index in [1.54, 1.807) is 0 Å². The fourth-order valence-electron chi connectivity index (χ4n) is 2.48. The van der Waals surface area contributed by atoms with Crippen LogP contribution in [0.2, 0.25) is 0 Å². The van der Waals surface area contributed by atoms with Gasteiger partial charge in [-0.1, -0.05) is 28.1 Å². The van der Waals surface area contributed by atoms with Crippen molar-refractivity contribution in [2.24, 2.45) is 0 Å². The summed E-state index contributed by atoms with van der Waals surface area (Å²) in [5, 5.41) is 2.18. The highest BCUT2D eigenvalue weighted by Gasteiger charge is 2.31. The predicted octanol–water partition coefficient (Wildman–Crippen LogP) is 3.97. The quantitative estimate of drug-likeness (QED) is 0.778. The SMILES string of the molecule is CC(C)N1C(=O)c2cccc3c(Br)ccc1c23. The van der Waals surface area contributed by atoms with Gasteiger partial charge in [-0.15, -0.1) is 0 Å². The number of anilines is 1. The van der Waals surface area contributed by atoms with Gasteiger partial charge in [0.25, 0.3) is 5.91 Å². The number of hydrogen-bond acceptors (Lipinski definition) is 1. The van der Waals surface area contributed by atoms with Crippen LogP contribution >= 0.6 is 15.9 Å². The highest BCUT2D eigenvalue weighted by molar-refractivity contribution is 9.10. The van der Waals surface area contributed by atoms with Crippen molar-refractivity contribution >= 4 is 38.3 Å². The number of rotatable bonds is 1. The zero-order valence-corrected chi connectivity index (χ0v) is 11.3. The van der Waals surface area contributed by atoms with E-state index >= 15 is 0 Å². The Morgan fingerprint density at radius 3 is 2.65 bits per heavy atom. The first-order chi connectivity index (χ1) is 8.11. The number of hydrogen-bond donors (Lipinski definition) is 0. The van der Waals surface area contributed by atoms with Crippen LogP contribution in [0.1, 0.15) is 24.2 Å². The van der Waals surface area contributed by atoms with Gasteiger partial charge in [0, 0.05) is 21.5 Å². The molecule has 0 bridgehead atoms. The molecule has 0 saturated heterocycles. The highest BCUT2D eigenvalue weighted by atomic mass is 79.9. The van der Waals surface area contributed by atoms with Crippen LogP contribution in [0.25, 0.3) is 10.8 Å². The lowest BCUT2D eigenvalue weighted by atomic mass is 10.1. The minimum absolute atomic E-state index is 0.110. The molecule has 0 unspecified atom stereocenters. The topological polar surface area (TPSA) is 20.3 Å².